The number of furan rings is 1. The molecule has 2 aromatic carbocycles. The average molecular weight is 380 g/mol. The Morgan fingerprint density at radius 2 is 1.82 bits per heavy atom. The van der Waals surface area contributed by atoms with Crippen LogP contribution in [0.2, 0.25) is 0 Å². The summed E-state index contributed by atoms with van der Waals surface area (Å²) in [5, 5.41) is 4.12. The highest BCUT2D eigenvalue weighted by atomic mass is 16.5. The maximum atomic E-state index is 10.9. The number of hydrogen-bond acceptors (Lipinski definition) is 4. The molecular formula is C23H28N2O3. The molecule has 148 valence electrons. The molecule has 1 heterocycles. The van der Waals surface area contributed by atoms with Crippen LogP contribution in [0, 0.1) is 0 Å². The van der Waals surface area contributed by atoms with Crippen LogP contribution in [0.15, 0.2) is 52.9 Å². The number of primary amides is 1. The number of ether oxygens (including phenoxy) is 1. The van der Waals surface area contributed by atoms with E-state index in [0.717, 1.165) is 48.3 Å². The Morgan fingerprint density at radius 3 is 2.54 bits per heavy atom. The van der Waals surface area contributed by atoms with Gasteiger partial charge in [-0.25, -0.2) is 0 Å². The Bertz CT molecular complexity index is 915. The monoisotopic (exact) mass is 380 g/mol. The van der Waals surface area contributed by atoms with Crippen molar-refractivity contribution in [2.45, 2.75) is 39.2 Å². The van der Waals surface area contributed by atoms with E-state index in [2.05, 4.69) is 42.6 Å². The molecule has 0 saturated heterocycles. The van der Waals surface area contributed by atoms with Crippen LogP contribution in [0.3, 0.4) is 0 Å². The van der Waals surface area contributed by atoms with E-state index in [1.165, 1.54) is 11.1 Å². The number of nitrogens with two attached hydrogens (primary N) is 1. The van der Waals surface area contributed by atoms with Crippen LogP contribution in [-0.2, 0) is 17.6 Å². The van der Waals surface area contributed by atoms with E-state index in [0.29, 0.717) is 0 Å². The Morgan fingerprint density at radius 1 is 1.11 bits per heavy atom. The van der Waals surface area contributed by atoms with Crippen molar-refractivity contribution in [1.29, 1.82) is 0 Å². The van der Waals surface area contributed by atoms with Gasteiger partial charge in [0.1, 0.15) is 17.1 Å². The first-order chi connectivity index (χ1) is 13.5. The molecule has 3 rings (SSSR count). The number of carbonyl (C=O) groups is 1. The average Bonchev–Trinajstić information content (AvgIpc) is 3.13. The van der Waals surface area contributed by atoms with Gasteiger partial charge in [0.15, 0.2) is 0 Å². The number of amides is 1. The predicted octanol–water partition coefficient (Wildman–Crippen LogP) is 4.14. The third-order valence-corrected chi connectivity index (χ3v) is 4.71. The highest BCUT2D eigenvalue weighted by Gasteiger charge is 2.12. The van der Waals surface area contributed by atoms with Gasteiger partial charge in [0.05, 0.1) is 19.2 Å². The first-order valence-electron chi connectivity index (χ1n) is 9.81. The van der Waals surface area contributed by atoms with Crippen LogP contribution in [0.25, 0.3) is 11.0 Å². The van der Waals surface area contributed by atoms with Gasteiger partial charge < -0.3 is 14.9 Å². The van der Waals surface area contributed by atoms with Crippen molar-refractivity contribution in [3.8, 4) is 5.75 Å². The summed E-state index contributed by atoms with van der Waals surface area (Å²) in [6.45, 7) is 4.94. The van der Waals surface area contributed by atoms with Crippen LogP contribution >= 0.6 is 0 Å². The van der Waals surface area contributed by atoms with E-state index in [9.17, 15) is 4.79 Å². The van der Waals surface area contributed by atoms with Crippen molar-refractivity contribution >= 4 is 16.9 Å². The summed E-state index contributed by atoms with van der Waals surface area (Å²) in [6.07, 6.45) is 2.92. The smallest absolute Gasteiger partial charge is 0.231 e. The van der Waals surface area contributed by atoms with Gasteiger partial charge in [-0.05, 0) is 61.6 Å². The zero-order valence-electron chi connectivity index (χ0n) is 16.5. The van der Waals surface area contributed by atoms with Gasteiger partial charge in [-0.1, -0.05) is 31.2 Å². The molecule has 5 heteroatoms. The van der Waals surface area contributed by atoms with E-state index in [-0.39, 0.29) is 18.5 Å². The minimum atomic E-state index is -0.379. The number of hydrogen-bond donors (Lipinski definition) is 2. The molecule has 0 aliphatic rings. The molecule has 28 heavy (non-hydrogen) atoms. The summed E-state index contributed by atoms with van der Waals surface area (Å²) in [5.74, 6) is 1.35. The van der Waals surface area contributed by atoms with Crippen LogP contribution in [-0.4, -0.2) is 19.1 Å². The lowest BCUT2D eigenvalue weighted by atomic mass is 10.0. The van der Waals surface area contributed by atoms with Crippen molar-refractivity contribution in [3.05, 3.63) is 65.4 Å². The molecule has 1 unspecified atom stereocenters. The third-order valence-electron chi connectivity index (χ3n) is 4.71. The zero-order chi connectivity index (χ0) is 19.9. The molecule has 0 spiro atoms. The zero-order valence-corrected chi connectivity index (χ0v) is 16.5. The molecule has 0 aliphatic heterocycles. The van der Waals surface area contributed by atoms with Crippen LogP contribution < -0.4 is 15.8 Å². The van der Waals surface area contributed by atoms with Crippen molar-refractivity contribution in [1.82, 2.24) is 5.32 Å². The van der Waals surface area contributed by atoms with Crippen molar-refractivity contribution in [2.75, 3.05) is 13.2 Å². The Hall–Kier alpha value is -2.79. The SMILES string of the molecule is CCCOc1ccc(CCc2ccc3cc(C(C)NCC(N)=O)oc3c2)cc1. The fourth-order valence-corrected chi connectivity index (χ4v) is 3.08. The van der Waals surface area contributed by atoms with E-state index < -0.39 is 0 Å². The second-order valence-electron chi connectivity index (χ2n) is 7.08. The van der Waals surface area contributed by atoms with Crippen molar-refractivity contribution in [2.24, 2.45) is 5.73 Å². The number of carbonyl (C=O) groups excluding carboxylic acids is 1. The second-order valence-corrected chi connectivity index (χ2v) is 7.08. The fourth-order valence-electron chi connectivity index (χ4n) is 3.08. The molecule has 5 nitrogen and oxygen atoms in total. The molecule has 0 bridgehead atoms. The second kappa shape index (κ2) is 9.42. The standard InChI is InChI=1S/C23H28N2O3/c1-3-12-27-20-10-7-17(8-11-20)4-5-18-6-9-19-14-21(28-22(19)13-18)16(2)25-15-23(24)26/h6-11,13-14,16,25H,3-5,12,15H2,1-2H3,(H2,24,26). The van der Waals surface area contributed by atoms with Gasteiger partial charge in [-0.15, -0.1) is 0 Å². The molecule has 3 aromatic rings. The van der Waals surface area contributed by atoms with E-state index >= 15 is 0 Å². The summed E-state index contributed by atoms with van der Waals surface area (Å²) < 4.78 is 11.6. The maximum Gasteiger partial charge on any atom is 0.231 e. The number of nitrogens with one attached hydrogen (secondary N) is 1. The molecular weight excluding hydrogens is 352 g/mol. The van der Waals surface area contributed by atoms with Crippen LogP contribution in [0.4, 0.5) is 0 Å². The molecule has 3 N–H and O–H groups in total. The summed E-state index contributed by atoms with van der Waals surface area (Å²) in [4.78, 5) is 10.9. The Kier molecular flexibility index (Phi) is 6.71. The van der Waals surface area contributed by atoms with Gasteiger partial charge in [0.25, 0.3) is 0 Å². The number of fused-ring (bicyclic) bond motifs is 1. The van der Waals surface area contributed by atoms with Gasteiger partial charge in [0.2, 0.25) is 5.91 Å². The molecule has 0 radical (unpaired) electrons. The van der Waals surface area contributed by atoms with Crippen LogP contribution in [0.5, 0.6) is 5.75 Å². The molecule has 1 aromatic heterocycles. The van der Waals surface area contributed by atoms with Gasteiger partial charge in [-0.3, -0.25) is 10.1 Å². The Balaban J connectivity index is 1.61. The minimum Gasteiger partial charge on any atom is -0.494 e. The summed E-state index contributed by atoms with van der Waals surface area (Å²) >= 11 is 0. The lowest BCUT2D eigenvalue weighted by Crippen LogP contribution is -2.30. The van der Waals surface area contributed by atoms with Gasteiger partial charge in [0, 0.05) is 5.39 Å². The van der Waals surface area contributed by atoms with Gasteiger partial charge >= 0.3 is 0 Å². The van der Waals surface area contributed by atoms with Crippen molar-refractivity contribution < 1.29 is 13.9 Å². The summed E-state index contributed by atoms with van der Waals surface area (Å²) in [7, 11) is 0. The van der Waals surface area contributed by atoms with E-state index in [4.69, 9.17) is 14.9 Å². The lowest BCUT2D eigenvalue weighted by Gasteiger charge is -2.08. The third kappa shape index (κ3) is 5.36. The maximum absolute atomic E-state index is 10.9. The molecule has 1 amide bonds. The topological polar surface area (TPSA) is 77.5 Å². The van der Waals surface area contributed by atoms with Gasteiger partial charge in [-0.2, -0.15) is 0 Å². The first-order valence-corrected chi connectivity index (χ1v) is 9.81. The largest absolute Gasteiger partial charge is 0.494 e. The van der Waals surface area contributed by atoms with E-state index in [1.807, 2.05) is 25.1 Å². The normalized spacial score (nSPS) is 12.2. The number of aryl methyl sites for hydroxylation is 2. The molecule has 0 saturated carbocycles. The molecule has 1 atom stereocenters. The highest BCUT2D eigenvalue weighted by Crippen LogP contribution is 2.25. The first kappa shape index (κ1) is 20.0. The molecule has 0 fully saturated rings. The van der Waals surface area contributed by atoms with Crippen LogP contribution in [0.1, 0.15) is 43.2 Å². The fraction of sp³-hybridized carbons (Fsp3) is 0.348. The van der Waals surface area contributed by atoms with E-state index in [1.54, 1.807) is 0 Å². The molecule has 0 aliphatic carbocycles. The Labute approximate surface area is 165 Å². The lowest BCUT2D eigenvalue weighted by molar-refractivity contribution is -0.117. The minimum absolute atomic E-state index is 0.0724. The quantitative estimate of drug-likeness (QED) is 0.554. The number of benzene rings is 2. The summed E-state index contributed by atoms with van der Waals surface area (Å²) in [6, 6.07) is 16.6. The predicted molar refractivity (Wildman–Crippen MR) is 111 cm³/mol. The summed E-state index contributed by atoms with van der Waals surface area (Å²) in [5.41, 5.74) is 8.57. The highest BCUT2D eigenvalue weighted by molar-refractivity contribution is 5.79. The number of rotatable bonds is 10. The van der Waals surface area contributed by atoms with Crippen molar-refractivity contribution in [3.63, 3.8) is 0 Å².